The Balaban J connectivity index is 4.16. The Labute approximate surface area is 116 Å². The zero-order valence-corrected chi connectivity index (χ0v) is 7.18. The Morgan fingerprint density at radius 2 is 0.933 bits per heavy atom. The van der Waals surface area contributed by atoms with Crippen molar-refractivity contribution in [2.45, 2.75) is 0 Å². The van der Waals surface area contributed by atoms with Crippen LogP contribution >= 0.6 is 0 Å². The molecule has 84 valence electrons. The van der Waals surface area contributed by atoms with E-state index in [1.807, 2.05) is 0 Å². The summed E-state index contributed by atoms with van der Waals surface area (Å²) in [5, 5.41) is 0. The largest absolute Gasteiger partial charge is 0.347 e. The summed E-state index contributed by atoms with van der Waals surface area (Å²) < 4.78 is 134. The minimum absolute atomic E-state index is 0.414. The zero-order chi connectivity index (χ0) is 26.6. The van der Waals surface area contributed by atoms with Gasteiger partial charge in [0, 0.05) is 66.5 Å². The van der Waals surface area contributed by atoms with Crippen molar-refractivity contribution in [2.75, 3.05) is 56.6 Å². The van der Waals surface area contributed by atoms with Crippen molar-refractivity contribution in [3.8, 4) is 0 Å². The van der Waals surface area contributed by atoms with Crippen molar-refractivity contribution in [3.05, 3.63) is 0 Å². The van der Waals surface area contributed by atoms with Crippen LogP contribution in [-0.2, 0) is 0 Å². The standard InChI is InChI=1S/C9H18N6/c1-13(2)7-10-8(14(3)4)12-9(11-7)15(5)6/h1-6H3/i1D3,2D3,3D3,4D3,5D3,6D3. The topological polar surface area (TPSA) is 48.4 Å². The fourth-order valence-electron chi connectivity index (χ4n) is 0.643. The molecule has 0 unspecified atom stereocenters. The van der Waals surface area contributed by atoms with Crippen LogP contribution in [0.25, 0.3) is 0 Å². The van der Waals surface area contributed by atoms with E-state index in [2.05, 4.69) is 15.0 Å². The van der Waals surface area contributed by atoms with Gasteiger partial charge in [0.15, 0.2) is 0 Å². The first-order valence-corrected chi connectivity index (χ1v) is 3.35. The fourth-order valence-corrected chi connectivity index (χ4v) is 0.643. The molecule has 0 aromatic carbocycles. The first kappa shape index (κ1) is 2.09. The highest BCUT2D eigenvalue weighted by atomic mass is 15.4. The minimum Gasteiger partial charge on any atom is -0.347 e. The summed E-state index contributed by atoms with van der Waals surface area (Å²) in [7, 11) is 0. The van der Waals surface area contributed by atoms with Crippen LogP contribution in [0.3, 0.4) is 0 Å². The SMILES string of the molecule is [2H]C([2H])([2H])N(c1nc(N(C([2H])([2H])[2H])C([2H])([2H])[2H])nc(N(C([2H])([2H])[2H])C([2H])([2H])[2H])n1)C([2H])([2H])[2H]. The van der Waals surface area contributed by atoms with Crippen LogP contribution in [-0.4, -0.2) is 56.8 Å². The van der Waals surface area contributed by atoms with Crippen molar-refractivity contribution >= 4 is 17.8 Å². The van der Waals surface area contributed by atoms with Crippen LogP contribution < -0.4 is 14.7 Å². The minimum atomic E-state index is -3.54. The van der Waals surface area contributed by atoms with Gasteiger partial charge >= 0.3 is 0 Å². The van der Waals surface area contributed by atoms with Gasteiger partial charge in [0.1, 0.15) is 0 Å². The Kier molecular flexibility index (Phi) is 0.598. The molecule has 1 heterocycles. The lowest BCUT2D eigenvalue weighted by Crippen LogP contribution is -2.22. The Morgan fingerprint density at radius 3 is 1.13 bits per heavy atom. The Bertz CT molecular complexity index is 663. The lowest BCUT2D eigenvalue weighted by Gasteiger charge is -2.18. The fraction of sp³-hybridized carbons (Fsp3) is 0.667. The highest BCUT2D eigenvalue weighted by Gasteiger charge is 2.10. The van der Waals surface area contributed by atoms with Gasteiger partial charge in [-0.05, 0) is 0 Å². The molecule has 0 aliphatic heterocycles. The van der Waals surface area contributed by atoms with Gasteiger partial charge in [-0.3, -0.25) is 0 Å². The average Bonchev–Trinajstić information content (AvgIpc) is 2.35. The molecule has 15 heavy (non-hydrogen) atoms. The molecule has 0 fully saturated rings. The first-order chi connectivity index (χ1) is 14.2. The van der Waals surface area contributed by atoms with E-state index in [0.717, 1.165) is 0 Å². The summed E-state index contributed by atoms with van der Waals surface area (Å²) >= 11 is 0. The second-order valence-corrected chi connectivity index (χ2v) is 2.24. The molecule has 0 aliphatic rings. The van der Waals surface area contributed by atoms with E-state index in [-0.39, 0.29) is 0 Å². The molecular formula is C9H18N6. The summed E-state index contributed by atoms with van der Waals surface area (Å²) in [5.74, 6) is -4.23. The molecule has 0 amide bonds. The van der Waals surface area contributed by atoms with Crippen LogP contribution in [0.2, 0.25) is 0 Å². The van der Waals surface area contributed by atoms with Crippen molar-refractivity contribution in [3.63, 3.8) is 0 Å². The van der Waals surface area contributed by atoms with Gasteiger partial charge in [-0.2, -0.15) is 15.0 Å². The van der Waals surface area contributed by atoms with E-state index >= 15 is 0 Å². The summed E-state index contributed by atoms with van der Waals surface area (Å²) in [6.45, 7) is -21.3. The third kappa shape index (κ3) is 2.68. The molecule has 0 saturated carbocycles. The van der Waals surface area contributed by atoms with E-state index in [9.17, 15) is 0 Å². The van der Waals surface area contributed by atoms with Crippen LogP contribution in [0, 0.1) is 0 Å². The van der Waals surface area contributed by atoms with E-state index in [4.69, 9.17) is 24.7 Å². The number of rotatable bonds is 3. The Hall–Kier alpha value is -1.59. The number of anilines is 3. The summed E-state index contributed by atoms with van der Waals surface area (Å²) in [4.78, 5) is 8.79. The van der Waals surface area contributed by atoms with Gasteiger partial charge in [0.05, 0.1) is 0 Å². The van der Waals surface area contributed by atoms with Crippen LogP contribution in [0.15, 0.2) is 0 Å². The predicted molar refractivity (Wildman–Crippen MR) is 62.8 cm³/mol. The molecule has 0 spiro atoms. The van der Waals surface area contributed by atoms with Gasteiger partial charge in [0.2, 0.25) is 17.8 Å². The molecule has 0 radical (unpaired) electrons. The van der Waals surface area contributed by atoms with Gasteiger partial charge in [-0.15, -0.1) is 0 Å². The van der Waals surface area contributed by atoms with Crippen LogP contribution in [0.5, 0.6) is 0 Å². The van der Waals surface area contributed by atoms with Crippen molar-refractivity contribution in [1.29, 1.82) is 0 Å². The van der Waals surface area contributed by atoms with E-state index in [1.165, 1.54) is 0 Å². The van der Waals surface area contributed by atoms with Gasteiger partial charge < -0.3 is 14.7 Å². The quantitative estimate of drug-likeness (QED) is 0.730. The maximum atomic E-state index is 7.46. The Morgan fingerprint density at radius 1 is 0.667 bits per heavy atom. The monoisotopic (exact) mass is 228 g/mol. The molecule has 0 aliphatic carbocycles. The predicted octanol–water partition coefficient (Wildman–Crippen LogP) is 0.0696. The highest BCUT2D eigenvalue weighted by Crippen LogP contribution is 2.14. The molecule has 1 aromatic heterocycles. The number of hydrogen-bond donors (Lipinski definition) is 0. The molecule has 0 atom stereocenters. The molecule has 0 saturated heterocycles. The average molecular weight is 228 g/mol. The third-order valence-corrected chi connectivity index (χ3v) is 1.20. The molecule has 1 aromatic rings. The van der Waals surface area contributed by atoms with E-state index in [1.54, 1.807) is 0 Å². The molecular weight excluding hydrogens is 192 g/mol. The lowest BCUT2D eigenvalue weighted by molar-refractivity contribution is 0.886. The van der Waals surface area contributed by atoms with E-state index in [0.29, 0.717) is 0 Å². The van der Waals surface area contributed by atoms with Gasteiger partial charge in [-0.25, -0.2) is 0 Å². The molecule has 0 N–H and O–H groups in total. The van der Waals surface area contributed by atoms with E-state index < -0.39 is 74.4 Å². The highest BCUT2D eigenvalue weighted by molar-refractivity contribution is 5.44. The summed E-state index contributed by atoms with van der Waals surface area (Å²) in [6.07, 6.45) is 0. The van der Waals surface area contributed by atoms with Crippen molar-refractivity contribution < 1.29 is 24.7 Å². The summed E-state index contributed by atoms with van der Waals surface area (Å²) in [5.41, 5.74) is 0. The maximum absolute atomic E-state index is 7.46. The van der Waals surface area contributed by atoms with Gasteiger partial charge in [0.25, 0.3) is 0 Å². The van der Waals surface area contributed by atoms with Gasteiger partial charge in [-0.1, -0.05) is 0 Å². The number of nitrogens with zero attached hydrogens (tertiary/aromatic N) is 6. The summed E-state index contributed by atoms with van der Waals surface area (Å²) in [6, 6.07) is 0. The van der Waals surface area contributed by atoms with Crippen molar-refractivity contribution in [1.82, 2.24) is 15.0 Å². The first-order valence-electron chi connectivity index (χ1n) is 12.4. The van der Waals surface area contributed by atoms with Crippen LogP contribution in [0.1, 0.15) is 24.7 Å². The smallest absolute Gasteiger partial charge is 0.231 e. The number of aromatic nitrogens is 3. The molecule has 6 nitrogen and oxygen atoms in total. The second kappa shape index (κ2) is 4.29. The maximum Gasteiger partial charge on any atom is 0.231 e. The lowest BCUT2D eigenvalue weighted by atomic mass is 10.7. The zero-order valence-electron chi connectivity index (χ0n) is 25.2. The van der Waals surface area contributed by atoms with Crippen LogP contribution in [0.4, 0.5) is 17.8 Å². The molecule has 6 heteroatoms. The normalized spacial score (nSPS) is 32.8. The number of hydrogen-bond acceptors (Lipinski definition) is 6. The molecule has 1 rings (SSSR count). The second-order valence-electron chi connectivity index (χ2n) is 2.24. The third-order valence-electron chi connectivity index (χ3n) is 1.20. The molecule has 0 bridgehead atoms. The van der Waals surface area contributed by atoms with Crippen molar-refractivity contribution in [2.24, 2.45) is 0 Å².